The van der Waals surface area contributed by atoms with Gasteiger partial charge in [0.05, 0.1) is 23.8 Å². The standard InChI is InChI=1S/C19H18N2O3/c1-12(24-15-7-4-5-13(9-15)11-20)19(23)21-18-16-8-3-2-6-14(16)10-17(18)22/h2-9,12,17-18,22H,10H2,1H3,(H,21,23). The molecule has 0 radical (unpaired) electrons. The Morgan fingerprint density at radius 3 is 2.92 bits per heavy atom. The number of nitrogens with one attached hydrogen (secondary N) is 1. The van der Waals surface area contributed by atoms with Gasteiger partial charge in [-0.25, -0.2) is 0 Å². The molecule has 0 aromatic heterocycles. The highest BCUT2D eigenvalue weighted by molar-refractivity contribution is 5.81. The Morgan fingerprint density at radius 1 is 1.33 bits per heavy atom. The number of hydrogen-bond donors (Lipinski definition) is 2. The second kappa shape index (κ2) is 6.73. The first-order valence-corrected chi connectivity index (χ1v) is 7.81. The van der Waals surface area contributed by atoms with E-state index in [0.29, 0.717) is 17.7 Å². The molecule has 0 saturated heterocycles. The topological polar surface area (TPSA) is 82.3 Å². The summed E-state index contributed by atoms with van der Waals surface area (Å²) in [6, 6.07) is 15.9. The Hall–Kier alpha value is -2.84. The molecule has 3 atom stereocenters. The van der Waals surface area contributed by atoms with Crippen molar-refractivity contribution < 1.29 is 14.6 Å². The molecule has 2 aromatic carbocycles. The highest BCUT2D eigenvalue weighted by atomic mass is 16.5. The van der Waals surface area contributed by atoms with E-state index in [1.807, 2.05) is 30.3 Å². The van der Waals surface area contributed by atoms with E-state index in [-0.39, 0.29) is 5.91 Å². The minimum absolute atomic E-state index is 0.307. The predicted molar refractivity (Wildman–Crippen MR) is 88.3 cm³/mol. The number of carbonyl (C=O) groups excluding carboxylic acids is 1. The van der Waals surface area contributed by atoms with E-state index >= 15 is 0 Å². The largest absolute Gasteiger partial charge is 0.481 e. The lowest BCUT2D eigenvalue weighted by Crippen LogP contribution is -2.41. The molecule has 1 aliphatic carbocycles. The van der Waals surface area contributed by atoms with Crippen molar-refractivity contribution in [2.24, 2.45) is 0 Å². The van der Waals surface area contributed by atoms with Gasteiger partial charge < -0.3 is 15.2 Å². The number of rotatable bonds is 4. The van der Waals surface area contributed by atoms with Gasteiger partial charge >= 0.3 is 0 Å². The van der Waals surface area contributed by atoms with Gasteiger partial charge in [-0.2, -0.15) is 5.26 Å². The summed E-state index contributed by atoms with van der Waals surface area (Å²) in [4.78, 5) is 12.4. The Balaban J connectivity index is 1.67. The fourth-order valence-corrected chi connectivity index (χ4v) is 2.92. The summed E-state index contributed by atoms with van der Waals surface area (Å²) in [7, 11) is 0. The monoisotopic (exact) mass is 322 g/mol. The van der Waals surface area contributed by atoms with Crippen molar-refractivity contribution in [1.82, 2.24) is 5.32 Å². The van der Waals surface area contributed by atoms with Crippen LogP contribution in [0, 0.1) is 11.3 Å². The molecule has 3 unspecified atom stereocenters. The van der Waals surface area contributed by atoms with Gasteiger partial charge in [0, 0.05) is 6.42 Å². The molecule has 2 aromatic rings. The zero-order chi connectivity index (χ0) is 17.1. The van der Waals surface area contributed by atoms with E-state index in [2.05, 4.69) is 5.32 Å². The molecule has 2 N–H and O–H groups in total. The zero-order valence-corrected chi connectivity index (χ0v) is 13.3. The molecule has 1 aliphatic rings. The number of aliphatic hydroxyl groups excluding tert-OH is 1. The first-order valence-electron chi connectivity index (χ1n) is 7.81. The van der Waals surface area contributed by atoms with Crippen molar-refractivity contribution in [2.45, 2.75) is 31.6 Å². The third kappa shape index (κ3) is 3.24. The van der Waals surface area contributed by atoms with E-state index in [4.69, 9.17) is 10.00 Å². The lowest BCUT2D eigenvalue weighted by Gasteiger charge is -2.21. The minimum Gasteiger partial charge on any atom is -0.481 e. The maximum absolute atomic E-state index is 12.4. The minimum atomic E-state index is -0.737. The fourth-order valence-electron chi connectivity index (χ4n) is 2.92. The summed E-state index contributed by atoms with van der Waals surface area (Å²) in [5.41, 5.74) is 2.46. The first kappa shape index (κ1) is 16.0. The normalized spacial score (nSPS) is 19.9. The number of hydrogen-bond acceptors (Lipinski definition) is 4. The number of fused-ring (bicyclic) bond motifs is 1. The van der Waals surface area contributed by atoms with Crippen LogP contribution in [-0.2, 0) is 11.2 Å². The van der Waals surface area contributed by atoms with Crippen molar-refractivity contribution in [3.8, 4) is 11.8 Å². The molecule has 5 heteroatoms. The summed E-state index contributed by atoms with van der Waals surface area (Å²) >= 11 is 0. The number of nitrogens with zero attached hydrogens (tertiary/aromatic N) is 1. The number of amides is 1. The van der Waals surface area contributed by atoms with Crippen molar-refractivity contribution in [3.05, 3.63) is 65.2 Å². The van der Waals surface area contributed by atoms with Gasteiger partial charge in [-0.1, -0.05) is 30.3 Å². The van der Waals surface area contributed by atoms with Gasteiger partial charge in [-0.3, -0.25) is 4.79 Å². The lowest BCUT2D eigenvalue weighted by molar-refractivity contribution is -0.128. The van der Waals surface area contributed by atoms with Gasteiger partial charge in [0.15, 0.2) is 6.10 Å². The summed E-state index contributed by atoms with van der Waals surface area (Å²) in [5, 5.41) is 22.0. The smallest absolute Gasteiger partial charge is 0.261 e. The number of ether oxygens (including phenoxy) is 1. The summed E-state index contributed by atoms with van der Waals surface area (Å²) in [6.07, 6.45) is -0.847. The number of carbonyl (C=O) groups is 1. The molecular weight excluding hydrogens is 304 g/mol. The molecule has 3 rings (SSSR count). The van der Waals surface area contributed by atoms with Crippen LogP contribution in [0.5, 0.6) is 5.75 Å². The van der Waals surface area contributed by atoms with E-state index in [1.165, 1.54) is 0 Å². The van der Waals surface area contributed by atoms with E-state index in [0.717, 1.165) is 11.1 Å². The van der Waals surface area contributed by atoms with E-state index in [1.54, 1.807) is 31.2 Å². The average Bonchev–Trinajstić information content (AvgIpc) is 2.90. The lowest BCUT2D eigenvalue weighted by atomic mass is 10.1. The second-order valence-electron chi connectivity index (χ2n) is 5.86. The van der Waals surface area contributed by atoms with Crippen molar-refractivity contribution in [1.29, 1.82) is 5.26 Å². The predicted octanol–water partition coefficient (Wildman–Crippen LogP) is 2.10. The maximum Gasteiger partial charge on any atom is 0.261 e. The van der Waals surface area contributed by atoms with E-state index in [9.17, 15) is 9.90 Å². The van der Waals surface area contributed by atoms with Gasteiger partial charge in [0.2, 0.25) is 0 Å². The molecule has 24 heavy (non-hydrogen) atoms. The van der Waals surface area contributed by atoms with Crippen LogP contribution in [0.2, 0.25) is 0 Å². The van der Waals surface area contributed by atoms with Gasteiger partial charge in [-0.05, 0) is 36.2 Å². The van der Waals surface area contributed by atoms with Crippen LogP contribution in [0.4, 0.5) is 0 Å². The Bertz CT molecular complexity index is 797. The molecule has 5 nitrogen and oxygen atoms in total. The highest BCUT2D eigenvalue weighted by Crippen LogP contribution is 2.31. The van der Waals surface area contributed by atoms with Crippen LogP contribution in [0.3, 0.4) is 0 Å². The maximum atomic E-state index is 12.4. The van der Waals surface area contributed by atoms with E-state index < -0.39 is 18.2 Å². The number of aliphatic hydroxyl groups is 1. The SMILES string of the molecule is CC(Oc1cccc(C#N)c1)C(=O)NC1c2ccccc2CC1O. The Labute approximate surface area is 140 Å². The summed E-state index contributed by atoms with van der Waals surface area (Å²) in [5.74, 6) is 0.155. The van der Waals surface area contributed by atoms with Gasteiger partial charge in [0.1, 0.15) is 5.75 Å². The van der Waals surface area contributed by atoms with Crippen LogP contribution < -0.4 is 10.1 Å². The highest BCUT2D eigenvalue weighted by Gasteiger charge is 2.33. The van der Waals surface area contributed by atoms with Gasteiger partial charge in [0.25, 0.3) is 5.91 Å². The Morgan fingerprint density at radius 2 is 2.12 bits per heavy atom. The van der Waals surface area contributed by atoms with Gasteiger partial charge in [-0.15, -0.1) is 0 Å². The molecule has 0 spiro atoms. The summed E-state index contributed by atoms with van der Waals surface area (Å²) in [6.45, 7) is 1.64. The molecule has 0 fully saturated rings. The molecule has 0 bridgehead atoms. The van der Waals surface area contributed by atoms with Crippen LogP contribution in [0.25, 0.3) is 0 Å². The molecule has 0 heterocycles. The molecule has 122 valence electrons. The Kier molecular flexibility index (Phi) is 4.50. The number of nitriles is 1. The van der Waals surface area contributed by atoms with Crippen LogP contribution in [-0.4, -0.2) is 23.2 Å². The van der Waals surface area contributed by atoms with Crippen LogP contribution in [0.1, 0.15) is 29.7 Å². The molecular formula is C19H18N2O3. The zero-order valence-electron chi connectivity index (χ0n) is 13.3. The number of benzene rings is 2. The van der Waals surface area contributed by atoms with Crippen molar-refractivity contribution in [3.63, 3.8) is 0 Å². The van der Waals surface area contributed by atoms with Crippen molar-refractivity contribution in [2.75, 3.05) is 0 Å². The van der Waals surface area contributed by atoms with Crippen LogP contribution >= 0.6 is 0 Å². The first-order chi connectivity index (χ1) is 11.6. The van der Waals surface area contributed by atoms with Crippen molar-refractivity contribution >= 4 is 5.91 Å². The third-order valence-corrected chi connectivity index (χ3v) is 4.15. The van der Waals surface area contributed by atoms with Crippen LogP contribution in [0.15, 0.2) is 48.5 Å². The molecule has 0 saturated carbocycles. The quantitative estimate of drug-likeness (QED) is 0.903. The summed E-state index contributed by atoms with van der Waals surface area (Å²) < 4.78 is 5.61. The molecule has 0 aliphatic heterocycles. The third-order valence-electron chi connectivity index (χ3n) is 4.15. The molecule has 1 amide bonds. The fraction of sp³-hybridized carbons (Fsp3) is 0.263. The second-order valence-corrected chi connectivity index (χ2v) is 5.86. The average molecular weight is 322 g/mol.